The summed E-state index contributed by atoms with van der Waals surface area (Å²) in [5.74, 6) is 0.638. The monoisotopic (exact) mass is 350 g/mol. The molecule has 1 unspecified atom stereocenters. The van der Waals surface area contributed by atoms with Gasteiger partial charge in [0.15, 0.2) is 0 Å². The van der Waals surface area contributed by atoms with Gasteiger partial charge in [-0.1, -0.05) is 30.3 Å². The zero-order valence-corrected chi connectivity index (χ0v) is 15.2. The van der Waals surface area contributed by atoms with E-state index in [1.165, 1.54) is 11.1 Å². The highest BCUT2D eigenvalue weighted by molar-refractivity contribution is 5.94. The molecule has 5 heteroatoms. The van der Waals surface area contributed by atoms with Crippen molar-refractivity contribution in [3.05, 3.63) is 71.2 Å². The molecule has 26 heavy (non-hydrogen) atoms. The van der Waals surface area contributed by atoms with E-state index in [2.05, 4.69) is 35.7 Å². The lowest BCUT2D eigenvalue weighted by Crippen LogP contribution is -2.42. The molecule has 3 aliphatic rings. The van der Waals surface area contributed by atoms with Gasteiger partial charge in [0.1, 0.15) is 11.9 Å². The van der Waals surface area contributed by atoms with Crippen molar-refractivity contribution in [2.24, 2.45) is 5.73 Å². The Morgan fingerprint density at radius 2 is 2.08 bits per heavy atom. The molecule has 4 rings (SSSR count). The van der Waals surface area contributed by atoms with Crippen molar-refractivity contribution >= 4 is 5.91 Å². The quantitative estimate of drug-likeness (QED) is 0.879. The van der Waals surface area contributed by atoms with Gasteiger partial charge < -0.3 is 20.9 Å². The molecule has 0 spiro atoms. The average Bonchev–Trinajstić information content (AvgIpc) is 3.03. The van der Waals surface area contributed by atoms with Crippen molar-refractivity contribution in [2.75, 3.05) is 13.1 Å². The third-order valence-corrected chi connectivity index (χ3v) is 5.57. The molecule has 0 radical (unpaired) electrons. The Hall–Kier alpha value is -2.53. The van der Waals surface area contributed by atoms with Crippen molar-refractivity contribution in [2.45, 2.75) is 38.4 Å². The Kier molecular flexibility index (Phi) is 4.55. The first-order valence-corrected chi connectivity index (χ1v) is 9.36. The van der Waals surface area contributed by atoms with Gasteiger partial charge in [0, 0.05) is 31.5 Å². The summed E-state index contributed by atoms with van der Waals surface area (Å²) in [7, 11) is 0. The van der Waals surface area contributed by atoms with E-state index in [4.69, 9.17) is 5.73 Å². The van der Waals surface area contributed by atoms with Crippen LogP contribution in [-0.2, 0) is 11.3 Å². The molecule has 0 aliphatic carbocycles. The molecule has 5 nitrogen and oxygen atoms in total. The van der Waals surface area contributed by atoms with Gasteiger partial charge in [-0.15, -0.1) is 0 Å². The zero-order chi connectivity index (χ0) is 18.1. The molecule has 1 atom stereocenters. The minimum Gasteiger partial charge on any atom is -0.363 e. The molecule has 1 saturated heterocycles. The van der Waals surface area contributed by atoms with Gasteiger partial charge in [-0.25, -0.2) is 0 Å². The van der Waals surface area contributed by atoms with Gasteiger partial charge in [-0.05, 0) is 49.0 Å². The number of hydrogen-bond acceptors (Lipinski definition) is 4. The predicted octanol–water partition coefficient (Wildman–Crippen LogP) is 2.40. The molecule has 3 N–H and O–H groups in total. The number of benzene rings is 1. The summed E-state index contributed by atoms with van der Waals surface area (Å²) in [6, 6.07) is 8.56. The van der Waals surface area contributed by atoms with E-state index < -0.39 is 0 Å². The van der Waals surface area contributed by atoms with E-state index in [0.717, 1.165) is 37.3 Å². The summed E-state index contributed by atoms with van der Waals surface area (Å²) < 4.78 is 0. The number of likely N-dealkylation sites (tertiary alicyclic amines) is 1. The first kappa shape index (κ1) is 16.9. The van der Waals surface area contributed by atoms with Crippen molar-refractivity contribution < 1.29 is 4.79 Å². The minimum absolute atomic E-state index is 0.0653. The second kappa shape index (κ2) is 7.00. The van der Waals surface area contributed by atoms with Crippen LogP contribution >= 0.6 is 0 Å². The number of nitrogens with one attached hydrogen (secondary N) is 1. The van der Waals surface area contributed by atoms with Crippen LogP contribution in [0.5, 0.6) is 0 Å². The van der Waals surface area contributed by atoms with Crippen LogP contribution in [0.25, 0.3) is 0 Å². The number of amides is 1. The molecular weight excluding hydrogens is 324 g/mol. The number of carbonyl (C=O) groups is 1. The highest BCUT2D eigenvalue weighted by Gasteiger charge is 2.35. The number of piperidine rings is 1. The Morgan fingerprint density at radius 3 is 2.85 bits per heavy atom. The number of rotatable bonds is 3. The Bertz CT molecular complexity index is 787. The largest absolute Gasteiger partial charge is 0.363 e. The number of fused-ring (bicyclic) bond motifs is 1. The third kappa shape index (κ3) is 3.03. The van der Waals surface area contributed by atoms with Gasteiger partial charge in [-0.3, -0.25) is 4.79 Å². The van der Waals surface area contributed by atoms with E-state index >= 15 is 0 Å². The molecule has 3 heterocycles. The van der Waals surface area contributed by atoms with Crippen LogP contribution in [0.15, 0.2) is 60.1 Å². The molecule has 0 saturated carbocycles. The number of allylic oxidation sites excluding steroid dienone is 3. The van der Waals surface area contributed by atoms with Crippen molar-refractivity contribution in [3.63, 3.8) is 0 Å². The minimum atomic E-state index is 0.0653. The topological polar surface area (TPSA) is 61.6 Å². The molecule has 136 valence electrons. The highest BCUT2D eigenvalue weighted by atomic mass is 16.2. The van der Waals surface area contributed by atoms with E-state index in [9.17, 15) is 4.79 Å². The van der Waals surface area contributed by atoms with Crippen LogP contribution in [0, 0.1) is 0 Å². The fourth-order valence-electron chi connectivity index (χ4n) is 4.12. The van der Waals surface area contributed by atoms with Crippen LogP contribution in [0.4, 0.5) is 0 Å². The Morgan fingerprint density at radius 1 is 1.27 bits per heavy atom. The molecule has 0 bridgehead atoms. The maximum atomic E-state index is 13.1. The first-order chi connectivity index (χ1) is 12.7. The number of carbonyl (C=O) groups excluding carboxylic acids is 1. The van der Waals surface area contributed by atoms with Gasteiger partial charge >= 0.3 is 0 Å². The normalized spacial score (nSPS) is 22.6. The van der Waals surface area contributed by atoms with E-state index in [1.54, 1.807) is 0 Å². The van der Waals surface area contributed by atoms with E-state index in [0.29, 0.717) is 12.5 Å². The lowest BCUT2D eigenvalue weighted by Gasteiger charge is -2.34. The number of hydrogen-bond donors (Lipinski definition) is 2. The second-order valence-corrected chi connectivity index (χ2v) is 7.21. The lowest BCUT2D eigenvalue weighted by molar-refractivity contribution is -0.129. The van der Waals surface area contributed by atoms with Gasteiger partial charge in [0.2, 0.25) is 0 Å². The van der Waals surface area contributed by atoms with Crippen LogP contribution in [0.3, 0.4) is 0 Å². The standard InChI is InChI=1S/C21H26N4O/c1-15-20(25-10-3-2-7-19(25)23-15)21(26)24-11-8-17(9-12-24)18-6-4-5-16(13-18)14-22/h2-7,10,13,17,19,23H,8-9,11-12,14,22H2,1H3. The third-order valence-electron chi connectivity index (χ3n) is 5.57. The summed E-state index contributed by atoms with van der Waals surface area (Å²) in [5, 5.41) is 3.38. The van der Waals surface area contributed by atoms with Gasteiger partial charge in [0.05, 0.1) is 0 Å². The summed E-state index contributed by atoms with van der Waals surface area (Å²) in [6.07, 6.45) is 10.1. The SMILES string of the molecule is CC1=C(C(=O)N2CCC(c3cccc(CN)c3)CC2)N2C=CC=CC2N1. The fraction of sp³-hybridized carbons (Fsp3) is 0.381. The van der Waals surface area contributed by atoms with Crippen molar-refractivity contribution in [3.8, 4) is 0 Å². The molecule has 3 aliphatic heterocycles. The summed E-state index contributed by atoms with van der Waals surface area (Å²) in [6.45, 7) is 4.15. The van der Waals surface area contributed by atoms with E-state index in [-0.39, 0.29) is 12.1 Å². The zero-order valence-electron chi connectivity index (χ0n) is 15.2. The van der Waals surface area contributed by atoms with E-state index in [1.807, 2.05) is 35.1 Å². The molecule has 1 amide bonds. The molecule has 0 aromatic heterocycles. The molecule has 1 aromatic carbocycles. The van der Waals surface area contributed by atoms with Gasteiger partial charge in [-0.2, -0.15) is 0 Å². The first-order valence-electron chi connectivity index (χ1n) is 9.36. The fourth-order valence-corrected chi connectivity index (χ4v) is 4.12. The van der Waals surface area contributed by atoms with Crippen LogP contribution < -0.4 is 11.1 Å². The molecule has 1 aromatic rings. The lowest BCUT2D eigenvalue weighted by atomic mass is 9.88. The van der Waals surface area contributed by atoms with Crippen molar-refractivity contribution in [1.82, 2.24) is 15.1 Å². The summed E-state index contributed by atoms with van der Waals surface area (Å²) in [4.78, 5) is 17.2. The Labute approximate surface area is 154 Å². The predicted molar refractivity (Wildman–Crippen MR) is 103 cm³/mol. The van der Waals surface area contributed by atoms with Crippen LogP contribution in [-0.4, -0.2) is 35.0 Å². The summed E-state index contributed by atoms with van der Waals surface area (Å²) in [5.41, 5.74) is 10.0. The number of nitrogens with zero attached hydrogens (tertiary/aromatic N) is 2. The second-order valence-electron chi connectivity index (χ2n) is 7.21. The summed E-state index contributed by atoms with van der Waals surface area (Å²) >= 11 is 0. The Balaban J connectivity index is 1.43. The maximum absolute atomic E-state index is 13.1. The van der Waals surface area contributed by atoms with Crippen molar-refractivity contribution in [1.29, 1.82) is 0 Å². The maximum Gasteiger partial charge on any atom is 0.272 e. The molecular formula is C21H26N4O. The highest BCUT2D eigenvalue weighted by Crippen LogP contribution is 2.31. The average molecular weight is 350 g/mol. The van der Waals surface area contributed by atoms with Gasteiger partial charge in [0.25, 0.3) is 5.91 Å². The number of nitrogens with two attached hydrogens (primary N) is 1. The smallest absolute Gasteiger partial charge is 0.272 e. The van der Waals surface area contributed by atoms with Crippen LogP contribution in [0.1, 0.15) is 36.8 Å². The molecule has 1 fully saturated rings. The van der Waals surface area contributed by atoms with Crippen LogP contribution in [0.2, 0.25) is 0 Å².